The van der Waals surface area contributed by atoms with Gasteiger partial charge in [0.1, 0.15) is 11.5 Å². The van der Waals surface area contributed by atoms with E-state index >= 15 is 0 Å². The molecule has 3 heterocycles. The van der Waals surface area contributed by atoms with Crippen molar-refractivity contribution < 1.29 is 4.74 Å². The fourth-order valence-electron chi connectivity index (χ4n) is 2.59. The molecule has 1 N–H and O–H groups in total. The third-order valence-electron chi connectivity index (χ3n) is 3.89. The van der Waals surface area contributed by atoms with Crippen molar-refractivity contribution in [2.45, 2.75) is 19.4 Å². The summed E-state index contributed by atoms with van der Waals surface area (Å²) in [5.41, 5.74) is 1.80. The number of pyridine rings is 1. The summed E-state index contributed by atoms with van der Waals surface area (Å²) in [4.78, 5) is 15.8. The van der Waals surface area contributed by atoms with Gasteiger partial charge in [-0.05, 0) is 25.6 Å². The Labute approximate surface area is 136 Å². The molecule has 122 valence electrons. The van der Waals surface area contributed by atoms with E-state index in [1.54, 1.807) is 6.20 Å². The topological polar surface area (TPSA) is 63.2 Å². The van der Waals surface area contributed by atoms with Gasteiger partial charge >= 0.3 is 0 Å². The minimum absolute atomic E-state index is 0.187. The van der Waals surface area contributed by atoms with Crippen molar-refractivity contribution in [3.05, 3.63) is 36.2 Å². The fraction of sp³-hybridized carbons (Fsp3) is 0.471. The summed E-state index contributed by atoms with van der Waals surface area (Å²) < 4.78 is 5.78. The highest BCUT2D eigenvalue weighted by Gasteiger charge is 2.17. The second kappa shape index (κ2) is 7.48. The molecule has 0 saturated carbocycles. The van der Waals surface area contributed by atoms with Gasteiger partial charge in [0.2, 0.25) is 0 Å². The molecule has 1 saturated heterocycles. The predicted molar refractivity (Wildman–Crippen MR) is 90.4 cm³/mol. The third kappa shape index (κ3) is 4.24. The Hall–Kier alpha value is -2.05. The molecule has 1 aliphatic rings. The van der Waals surface area contributed by atoms with E-state index in [0.717, 1.165) is 49.9 Å². The Morgan fingerprint density at radius 1 is 1.35 bits per heavy atom. The largest absolute Gasteiger partial charge is 0.374 e. The molecule has 6 nitrogen and oxygen atoms in total. The first-order valence-corrected chi connectivity index (χ1v) is 8.08. The number of anilines is 1. The Kier molecular flexibility index (Phi) is 5.15. The molecule has 6 heteroatoms. The first-order chi connectivity index (χ1) is 11.2. The van der Waals surface area contributed by atoms with Gasteiger partial charge in [-0.2, -0.15) is 0 Å². The van der Waals surface area contributed by atoms with Gasteiger partial charge in [-0.15, -0.1) is 0 Å². The lowest BCUT2D eigenvalue weighted by Gasteiger charge is -2.30. The molecule has 2 aromatic rings. The Morgan fingerprint density at radius 2 is 2.26 bits per heavy atom. The van der Waals surface area contributed by atoms with Crippen LogP contribution in [0.3, 0.4) is 0 Å². The zero-order valence-corrected chi connectivity index (χ0v) is 13.7. The second-order valence-corrected chi connectivity index (χ2v) is 5.77. The average Bonchev–Trinajstić information content (AvgIpc) is 2.60. The van der Waals surface area contributed by atoms with Crippen molar-refractivity contribution in [1.29, 1.82) is 0 Å². The Balaban J connectivity index is 1.73. The molecule has 23 heavy (non-hydrogen) atoms. The summed E-state index contributed by atoms with van der Waals surface area (Å²) >= 11 is 0. The SMILES string of the molecule is CCc1cc(NCC2CN(C)CCO2)nc(-c2ccccn2)n1. The van der Waals surface area contributed by atoms with Gasteiger partial charge in [-0.25, -0.2) is 9.97 Å². The molecule has 1 fully saturated rings. The normalized spacial score (nSPS) is 18.8. The Bertz CT molecular complexity index is 634. The van der Waals surface area contributed by atoms with E-state index in [4.69, 9.17) is 4.74 Å². The summed E-state index contributed by atoms with van der Waals surface area (Å²) in [5, 5.41) is 3.39. The molecule has 0 amide bonds. The molecule has 0 aromatic carbocycles. The van der Waals surface area contributed by atoms with E-state index in [1.165, 1.54) is 0 Å². The van der Waals surface area contributed by atoms with Gasteiger partial charge in [-0.1, -0.05) is 13.0 Å². The molecule has 1 atom stereocenters. The fourth-order valence-corrected chi connectivity index (χ4v) is 2.59. The minimum Gasteiger partial charge on any atom is -0.374 e. The number of nitrogens with zero attached hydrogens (tertiary/aromatic N) is 4. The maximum absolute atomic E-state index is 5.78. The molecule has 3 rings (SSSR count). The molecular formula is C17H23N5O. The van der Waals surface area contributed by atoms with Crippen LogP contribution in [-0.2, 0) is 11.2 Å². The maximum atomic E-state index is 5.78. The zero-order valence-electron chi connectivity index (χ0n) is 13.7. The van der Waals surface area contributed by atoms with Crippen LogP contribution in [0.15, 0.2) is 30.5 Å². The van der Waals surface area contributed by atoms with Gasteiger partial charge in [-0.3, -0.25) is 4.98 Å². The van der Waals surface area contributed by atoms with Crippen molar-refractivity contribution in [3.8, 4) is 11.5 Å². The Morgan fingerprint density at radius 3 is 3.00 bits per heavy atom. The number of nitrogens with one attached hydrogen (secondary N) is 1. The van der Waals surface area contributed by atoms with Crippen molar-refractivity contribution in [2.24, 2.45) is 0 Å². The minimum atomic E-state index is 0.187. The van der Waals surface area contributed by atoms with Crippen LogP contribution in [0, 0.1) is 0 Å². The number of rotatable bonds is 5. The molecule has 0 aliphatic carbocycles. The van der Waals surface area contributed by atoms with Gasteiger partial charge in [0.25, 0.3) is 0 Å². The highest BCUT2D eigenvalue weighted by Crippen LogP contribution is 2.16. The quantitative estimate of drug-likeness (QED) is 0.909. The second-order valence-electron chi connectivity index (χ2n) is 5.77. The van der Waals surface area contributed by atoms with E-state index < -0.39 is 0 Å². The van der Waals surface area contributed by atoms with Crippen molar-refractivity contribution in [1.82, 2.24) is 19.9 Å². The maximum Gasteiger partial charge on any atom is 0.180 e. The van der Waals surface area contributed by atoms with E-state index in [1.807, 2.05) is 24.3 Å². The monoisotopic (exact) mass is 313 g/mol. The summed E-state index contributed by atoms with van der Waals surface area (Å²) in [6, 6.07) is 7.77. The van der Waals surface area contributed by atoms with E-state index in [9.17, 15) is 0 Å². The number of aromatic nitrogens is 3. The van der Waals surface area contributed by atoms with Crippen LogP contribution < -0.4 is 5.32 Å². The van der Waals surface area contributed by atoms with E-state index in [-0.39, 0.29) is 6.10 Å². The van der Waals surface area contributed by atoms with Gasteiger partial charge < -0.3 is 15.0 Å². The number of aryl methyl sites for hydroxylation is 1. The zero-order chi connectivity index (χ0) is 16.1. The summed E-state index contributed by atoms with van der Waals surface area (Å²) in [7, 11) is 2.12. The van der Waals surface area contributed by atoms with Crippen LogP contribution in [0.4, 0.5) is 5.82 Å². The molecule has 0 bridgehead atoms. The highest BCUT2D eigenvalue weighted by molar-refractivity contribution is 5.52. The average molecular weight is 313 g/mol. The molecular weight excluding hydrogens is 290 g/mol. The number of morpholine rings is 1. The predicted octanol–water partition coefficient (Wildman–Crippen LogP) is 1.84. The van der Waals surface area contributed by atoms with Gasteiger partial charge in [0.15, 0.2) is 5.82 Å². The molecule has 0 radical (unpaired) electrons. The van der Waals surface area contributed by atoms with E-state index in [0.29, 0.717) is 5.82 Å². The van der Waals surface area contributed by atoms with Crippen LogP contribution in [0.1, 0.15) is 12.6 Å². The standard InChI is InChI=1S/C17H23N5O/c1-3-13-10-16(19-11-14-12-22(2)8-9-23-14)21-17(20-13)15-6-4-5-7-18-15/h4-7,10,14H,3,8-9,11-12H2,1-2H3,(H,19,20,21). The number of likely N-dealkylation sites (N-methyl/N-ethyl adjacent to an activating group) is 1. The highest BCUT2D eigenvalue weighted by atomic mass is 16.5. The first kappa shape index (κ1) is 15.8. The lowest BCUT2D eigenvalue weighted by molar-refractivity contribution is -0.0117. The lowest BCUT2D eigenvalue weighted by atomic mass is 10.2. The van der Waals surface area contributed by atoms with Gasteiger partial charge in [0.05, 0.1) is 12.7 Å². The molecule has 1 aliphatic heterocycles. The smallest absolute Gasteiger partial charge is 0.180 e. The molecule has 1 unspecified atom stereocenters. The first-order valence-electron chi connectivity index (χ1n) is 8.08. The summed E-state index contributed by atoms with van der Waals surface area (Å²) in [6.07, 6.45) is 2.81. The molecule has 0 spiro atoms. The lowest BCUT2D eigenvalue weighted by Crippen LogP contribution is -2.43. The number of ether oxygens (including phenoxy) is 1. The summed E-state index contributed by atoms with van der Waals surface area (Å²) in [6.45, 7) is 5.55. The van der Waals surface area contributed by atoms with Crippen LogP contribution in [-0.4, -0.2) is 59.2 Å². The van der Waals surface area contributed by atoms with E-state index in [2.05, 4.69) is 39.1 Å². The molecule has 2 aromatic heterocycles. The number of hydrogen-bond donors (Lipinski definition) is 1. The number of hydrogen-bond acceptors (Lipinski definition) is 6. The van der Waals surface area contributed by atoms with Crippen LogP contribution in [0.25, 0.3) is 11.5 Å². The van der Waals surface area contributed by atoms with Crippen LogP contribution >= 0.6 is 0 Å². The van der Waals surface area contributed by atoms with Crippen LogP contribution in [0.5, 0.6) is 0 Å². The third-order valence-corrected chi connectivity index (χ3v) is 3.89. The van der Waals surface area contributed by atoms with Crippen LogP contribution in [0.2, 0.25) is 0 Å². The summed E-state index contributed by atoms with van der Waals surface area (Å²) in [5.74, 6) is 1.49. The van der Waals surface area contributed by atoms with Crippen molar-refractivity contribution in [3.63, 3.8) is 0 Å². The van der Waals surface area contributed by atoms with Crippen molar-refractivity contribution in [2.75, 3.05) is 38.6 Å². The van der Waals surface area contributed by atoms with Gasteiger partial charge in [0, 0.05) is 37.6 Å². The van der Waals surface area contributed by atoms with Crippen molar-refractivity contribution >= 4 is 5.82 Å².